The van der Waals surface area contributed by atoms with E-state index >= 15 is 0 Å². The second-order valence-electron chi connectivity index (χ2n) is 4.12. The molecule has 0 amide bonds. The molecular formula is C9H13FO2. The zero-order chi connectivity index (χ0) is 8.82. The number of hydrogen-bond acceptors (Lipinski definition) is 1. The van der Waals surface area contributed by atoms with Gasteiger partial charge in [-0.1, -0.05) is 19.3 Å². The van der Waals surface area contributed by atoms with Crippen molar-refractivity contribution in [3.63, 3.8) is 0 Å². The summed E-state index contributed by atoms with van der Waals surface area (Å²) in [6.07, 6.45) is 4.94. The molecule has 2 fully saturated rings. The average molecular weight is 172 g/mol. The van der Waals surface area contributed by atoms with Gasteiger partial charge in [0.1, 0.15) is 0 Å². The van der Waals surface area contributed by atoms with Crippen LogP contribution in [0.5, 0.6) is 0 Å². The smallest absolute Gasteiger partial charge is 0.342 e. The molecule has 12 heavy (non-hydrogen) atoms. The van der Waals surface area contributed by atoms with Crippen LogP contribution in [-0.4, -0.2) is 16.7 Å². The molecule has 1 N–H and O–H groups in total. The Balaban J connectivity index is 2.12. The molecule has 1 atom stereocenters. The van der Waals surface area contributed by atoms with Crippen molar-refractivity contribution < 1.29 is 14.3 Å². The first-order valence-corrected chi connectivity index (χ1v) is 4.53. The van der Waals surface area contributed by atoms with Crippen LogP contribution in [0.2, 0.25) is 0 Å². The van der Waals surface area contributed by atoms with E-state index in [-0.39, 0.29) is 6.42 Å². The van der Waals surface area contributed by atoms with Crippen LogP contribution in [0, 0.1) is 5.41 Å². The highest BCUT2D eigenvalue weighted by Gasteiger charge is 2.73. The molecule has 0 saturated heterocycles. The third-order valence-corrected chi connectivity index (χ3v) is 3.45. The fourth-order valence-corrected chi connectivity index (χ4v) is 2.53. The summed E-state index contributed by atoms with van der Waals surface area (Å²) in [7, 11) is 0. The molecule has 0 aromatic carbocycles. The molecule has 2 saturated carbocycles. The molecule has 0 bridgehead atoms. The van der Waals surface area contributed by atoms with E-state index in [1.54, 1.807) is 0 Å². The highest BCUT2D eigenvalue weighted by atomic mass is 19.1. The van der Waals surface area contributed by atoms with Crippen LogP contribution in [0.4, 0.5) is 4.39 Å². The first-order chi connectivity index (χ1) is 5.61. The molecule has 0 aromatic rings. The van der Waals surface area contributed by atoms with Crippen molar-refractivity contribution in [1.29, 1.82) is 0 Å². The molecule has 2 aliphatic rings. The molecule has 0 aromatic heterocycles. The van der Waals surface area contributed by atoms with E-state index in [1.807, 2.05) is 0 Å². The standard InChI is InChI=1S/C9H13FO2/c10-9(7(11)12)6-8(9)4-2-1-3-5-8/h1-6H2,(H,11,12). The minimum absolute atomic E-state index is 0.259. The van der Waals surface area contributed by atoms with Crippen LogP contribution < -0.4 is 0 Å². The predicted molar refractivity (Wildman–Crippen MR) is 41.6 cm³/mol. The maximum Gasteiger partial charge on any atom is 0.342 e. The van der Waals surface area contributed by atoms with Gasteiger partial charge in [-0.25, -0.2) is 9.18 Å². The Morgan fingerprint density at radius 2 is 1.83 bits per heavy atom. The highest BCUT2D eigenvalue weighted by molar-refractivity contribution is 5.83. The second kappa shape index (κ2) is 2.21. The number of halogens is 1. The Kier molecular flexibility index (Phi) is 1.48. The third kappa shape index (κ3) is 0.822. The maximum absolute atomic E-state index is 13.6. The normalized spacial score (nSPS) is 38.1. The van der Waals surface area contributed by atoms with E-state index in [1.165, 1.54) is 0 Å². The molecule has 2 aliphatic carbocycles. The first kappa shape index (κ1) is 8.02. The van der Waals surface area contributed by atoms with E-state index in [4.69, 9.17) is 5.11 Å². The zero-order valence-electron chi connectivity index (χ0n) is 6.98. The van der Waals surface area contributed by atoms with E-state index in [0.29, 0.717) is 0 Å². The summed E-state index contributed by atoms with van der Waals surface area (Å²) in [5.41, 5.74) is -2.33. The maximum atomic E-state index is 13.6. The van der Waals surface area contributed by atoms with Crippen molar-refractivity contribution in [3.05, 3.63) is 0 Å². The number of aliphatic carboxylic acids is 1. The average Bonchev–Trinajstić information content (AvgIpc) is 2.59. The van der Waals surface area contributed by atoms with Gasteiger partial charge in [-0.15, -0.1) is 0 Å². The third-order valence-electron chi connectivity index (χ3n) is 3.45. The lowest BCUT2D eigenvalue weighted by atomic mass is 9.84. The number of alkyl halides is 1. The molecule has 0 aliphatic heterocycles. The minimum atomic E-state index is -1.87. The van der Waals surface area contributed by atoms with Crippen LogP contribution in [-0.2, 0) is 4.79 Å². The van der Waals surface area contributed by atoms with Gasteiger partial charge in [-0.05, 0) is 12.8 Å². The van der Waals surface area contributed by atoms with Gasteiger partial charge < -0.3 is 5.11 Å². The number of carboxylic acids is 1. The van der Waals surface area contributed by atoms with Crippen LogP contribution in [0.1, 0.15) is 38.5 Å². The summed E-state index contributed by atoms with van der Waals surface area (Å²) in [6.45, 7) is 0. The number of hydrogen-bond donors (Lipinski definition) is 1. The molecule has 0 radical (unpaired) electrons. The van der Waals surface area contributed by atoms with Crippen molar-refractivity contribution in [1.82, 2.24) is 0 Å². The Labute approximate surface area is 70.8 Å². The topological polar surface area (TPSA) is 37.3 Å². The van der Waals surface area contributed by atoms with Crippen molar-refractivity contribution in [3.8, 4) is 0 Å². The quantitative estimate of drug-likeness (QED) is 0.657. The van der Waals surface area contributed by atoms with Gasteiger partial charge in [-0.2, -0.15) is 0 Å². The van der Waals surface area contributed by atoms with E-state index in [0.717, 1.165) is 32.1 Å². The SMILES string of the molecule is O=C(O)C1(F)CC12CCCCC2. The van der Waals surface area contributed by atoms with Gasteiger partial charge in [0, 0.05) is 11.8 Å². The molecule has 3 heteroatoms. The molecule has 2 rings (SSSR count). The number of carboxylic acid groups (broad SMARTS) is 1. The fraction of sp³-hybridized carbons (Fsp3) is 0.889. The van der Waals surface area contributed by atoms with Crippen molar-refractivity contribution in [2.24, 2.45) is 5.41 Å². The molecule has 1 unspecified atom stereocenters. The summed E-state index contributed by atoms with van der Waals surface area (Å²) in [5.74, 6) is -1.25. The molecule has 2 nitrogen and oxygen atoms in total. The van der Waals surface area contributed by atoms with E-state index < -0.39 is 17.1 Å². The lowest BCUT2D eigenvalue weighted by Crippen LogP contribution is -2.27. The molecule has 1 spiro atoms. The van der Waals surface area contributed by atoms with Crippen molar-refractivity contribution >= 4 is 5.97 Å². The Bertz CT molecular complexity index is 221. The lowest BCUT2D eigenvalue weighted by molar-refractivity contribution is -0.146. The van der Waals surface area contributed by atoms with Crippen LogP contribution in [0.25, 0.3) is 0 Å². The first-order valence-electron chi connectivity index (χ1n) is 4.53. The second-order valence-corrected chi connectivity index (χ2v) is 4.12. The van der Waals surface area contributed by atoms with E-state index in [9.17, 15) is 9.18 Å². The summed E-state index contributed by atoms with van der Waals surface area (Å²) in [6, 6.07) is 0. The molecule has 0 heterocycles. The summed E-state index contributed by atoms with van der Waals surface area (Å²) < 4.78 is 13.6. The number of rotatable bonds is 1. The monoisotopic (exact) mass is 172 g/mol. The van der Waals surface area contributed by atoms with Crippen LogP contribution in [0.3, 0.4) is 0 Å². The Hall–Kier alpha value is -0.600. The lowest BCUT2D eigenvalue weighted by Gasteiger charge is -2.22. The number of carbonyl (C=O) groups is 1. The van der Waals surface area contributed by atoms with E-state index in [2.05, 4.69) is 0 Å². The largest absolute Gasteiger partial charge is 0.479 e. The zero-order valence-corrected chi connectivity index (χ0v) is 6.98. The van der Waals surface area contributed by atoms with Gasteiger partial charge in [0.2, 0.25) is 5.67 Å². The van der Waals surface area contributed by atoms with Gasteiger partial charge in [-0.3, -0.25) is 0 Å². The molecular weight excluding hydrogens is 159 g/mol. The van der Waals surface area contributed by atoms with Crippen molar-refractivity contribution in [2.75, 3.05) is 0 Å². The van der Waals surface area contributed by atoms with Crippen LogP contribution >= 0.6 is 0 Å². The van der Waals surface area contributed by atoms with Crippen molar-refractivity contribution in [2.45, 2.75) is 44.2 Å². The molecule has 68 valence electrons. The predicted octanol–water partition coefficient (Wildman–Crippen LogP) is 2.13. The minimum Gasteiger partial charge on any atom is -0.479 e. The summed E-state index contributed by atoms with van der Waals surface area (Å²) >= 11 is 0. The Morgan fingerprint density at radius 3 is 2.25 bits per heavy atom. The van der Waals surface area contributed by atoms with Gasteiger partial charge >= 0.3 is 5.97 Å². The van der Waals surface area contributed by atoms with Gasteiger partial charge in [0.25, 0.3) is 0 Å². The van der Waals surface area contributed by atoms with Crippen LogP contribution in [0.15, 0.2) is 0 Å². The van der Waals surface area contributed by atoms with Gasteiger partial charge in [0.15, 0.2) is 0 Å². The summed E-state index contributed by atoms with van der Waals surface area (Å²) in [4.78, 5) is 10.6. The fourth-order valence-electron chi connectivity index (χ4n) is 2.53. The highest BCUT2D eigenvalue weighted by Crippen LogP contribution is 2.66. The summed E-state index contributed by atoms with van der Waals surface area (Å²) in [5, 5.41) is 8.65. The Morgan fingerprint density at radius 1 is 1.25 bits per heavy atom. The van der Waals surface area contributed by atoms with Gasteiger partial charge in [0.05, 0.1) is 0 Å².